The Labute approximate surface area is 80.9 Å². The third-order valence-corrected chi connectivity index (χ3v) is 2.57. The highest BCUT2D eigenvalue weighted by molar-refractivity contribution is 5.33. The summed E-state index contributed by atoms with van der Waals surface area (Å²) in [6, 6.07) is 0. The van der Waals surface area contributed by atoms with Crippen molar-refractivity contribution >= 4 is 5.82 Å². The second kappa shape index (κ2) is 3.75. The van der Waals surface area contributed by atoms with Crippen LogP contribution < -0.4 is 5.32 Å². The highest BCUT2D eigenvalue weighted by Crippen LogP contribution is 2.28. The fourth-order valence-corrected chi connectivity index (χ4v) is 1.85. The molecule has 0 saturated carbocycles. The van der Waals surface area contributed by atoms with E-state index in [9.17, 15) is 10.1 Å². The van der Waals surface area contributed by atoms with Crippen molar-refractivity contribution in [1.82, 2.24) is 15.5 Å². The number of nitrogens with one attached hydrogen (secondary N) is 2. The maximum atomic E-state index is 10.6. The van der Waals surface area contributed by atoms with Gasteiger partial charge in [0.25, 0.3) is 0 Å². The van der Waals surface area contributed by atoms with Crippen LogP contribution in [-0.2, 0) is 0 Å². The van der Waals surface area contributed by atoms with Crippen LogP contribution in [0.3, 0.4) is 0 Å². The van der Waals surface area contributed by atoms with E-state index in [4.69, 9.17) is 0 Å². The predicted molar refractivity (Wildman–Crippen MR) is 50.1 cm³/mol. The lowest BCUT2D eigenvalue weighted by molar-refractivity contribution is -0.390. The number of rotatable bonds is 2. The van der Waals surface area contributed by atoms with Gasteiger partial charge in [0, 0.05) is 12.5 Å². The molecule has 2 N–H and O–H groups in total. The number of hydrogen-bond donors (Lipinski definition) is 2. The van der Waals surface area contributed by atoms with Gasteiger partial charge in [0.15, 0.2) is 0 Å². The quantitative estimate of drug-likeness (QED) is 0.541. The van der Waals surface area contributed by atoms with E-state index < -0.39 is 4.92 Å². The molecular formula is C8H12N4O2. The van der Waals surface area contributed by atoms with Gasteiger partial charge in [-0.05, 0) is 24.3 Å². The SMILES string of the molecule is O=[N+]([O-])c1[nH]ncc1C1CCCNC1. The minimum atomic E-state index is -0.406. The molecule has 1 aromatic heterocycles. The van der Waals surface area contributed by atoms with E-state index in [2.05, 4.69) is 15.5 Å². The van der Waals surface area contributed by atoms with Gasteiger partial charge in [-0.25, -0.2) is 0 Å². The van der Waals surface area contributed by atoms with E-state index in [0.29, 0.717) is 0 Å². The van der Waals surface area contributed by atoms with Crippen molar-refractivity contribution in [3.05, 3.63) is 21.9 Å². The molecule has 0 radical (unpaired) electrons. The summed E-state index contributed by atoms with van der Waals surface area (Å²) in [4.78, 5) is 10.2. The van der Waals surface area contributed by atoms with E-state index in [1.165, 1.54) is 0 Å². The Morgan fingerprint density at radius 3 is 3.14 bits per heavy atom. The molecular weight excluding hydrogens is 184 g/mol. The number of hydrogen-bond acceptors (Lipinski definition) is 4. The zero-order chi connectivity index (χ0) is 9.97. The molecule has 0 spiro atoms. The topological polar surface area (TPSA) is 83.8 Å². The van der Waals surface area contributed by atoms with Gasteiger partial charge in [-0.1, -0.05) is 5.10 Å². The van der Waals surface area contributed by atoms with Gasteiger partial charge in [-0.3, -0.25) is 0 Å². The smallest absolute Gasteiger partial charge is 0.346 e. The van der Waals surface area contributed by atoms with Gasteiger partial charge in [0.2, 0.25) is 0 Å². The first-order chi connectivity index (χ1) is 6.79. The molecule has 0 aliphatic carbocycles. The Balaban J connectivity index is 2.21. The lowest BCUT2D eigenvalue weighted by Crippen LogP contribution is -2.28. The molecule has 0 aromatic carbocycles. The van der Waals surface area contributed by atoms with Crippen molar-refractivity contribution in [2.24, 2.45) is 0 Å². The van der Waals surface area contributed by atoms with Gasteiger partial charge in [0.05, 0.1) is 11.8 Å². The van der Waals surface area contributed by atoms with E-state index in [-0.39, 0.29) is 11.7 Å². The Morgan fingerprint density at radius 1 is 1.64 bits per heavy atom. The van der Waals surface area contributed by atoms with E-state index in [0.717, 1.165) is 31.5 Å². The summed E-state index contributed by atoms with van der Waals surface area (Å²) in [7, 11) is 0. The molecule has 6 nitrogen and oxygen atoms in total. The maximum Gasteiger partial charge on any atom is 0.346 e. The third-order valence-electron chi connectivity index (χ3n) is 2.57. The molecule has 1 aromatic rings. The average Bonchev–Trinajstić information content (AvgIpc) is 2.67. The Kier molecular flexibility index (Phi) is 2.45. The van der Waals surface area contributed by atoms with Crippen LogP contribution in [0, 0.1) is 10.1 Å². The molecule has 1 unspecified atom stereocenters. The standard InChI is InChI=1S/C8H12N4O2/c13-12(14)8-7(5-10-11-8)6-2-1-3-9-4-6/h5-6,9H,1-4H2,(H,10,11). The number of piperidine rings is 1. The van der Waals surface area contributed by atoms with Crippen molar-refractivity contribution < 1.29 is 4.92 Å². The molecule has 0 amide bonds. The van der Waals surface area contributed by atoms with Crippen LogP contribution in [-0.4, -0.2) is 28.2 Å². The van der Waals surface area contributed by atoms with E-state index in [1.807, 2.05) is 0 Å². The van der Waals surface area contributed by atoms with Crippen LogP contribution in [0.1, 0.15) is 24.3 Å². The van der Waals surface area contributed by atoms with Gasteiger partial charge in [0.1, 0.15) is 0 Å². The summed E-state index contributed by atoms with van der Waals surface area (Å²) in [5.74, 6) is 0.265. The molecule has 1 aliphatic rings. The lowest BCUT2D eigenvalue weighted by atomic mass is 9.93. The molecule has 14 heavy (non-hydrogen) atoms. The largest absolute Gasteiger partial charge is 0.358 e. The van der Waals surface area contributed by atoms with Crippen molar-refractivity contribution in [3.8, 4) is 0 Å². The summed E-state index contributed by atoms with van der Waals surface area (Å²) in [6.07, 6.45) is 3.62. The normalized spacial score (nSPS) is 22.1. The molecule has 1 fully saturated rings. The lowest BCUT2D eigenvalue weighted by Gasteiger charge is -2.20. The predicted octanol–water partition coefficient (Wildman–Crippen LogP) is 0.785. The molecule has 2 rings (SSSR count). The summed E-state index contributed by atoms with van der Waals surface area (Å²) in [6.45, 7) is 1.81. The fourth-order valence-electron chi connectivity index (χ4n) is 1.85. The summed E-state index contributed by atoms with van der Waals surface area (Å²) < 4.78 is 0. The van der Waals surface area contributed by atoms with Crippen LogP contribution >= 0.6 is 0 Å². The van der Waals surface area contributed by atoms with Crippen LogP contribution in [0.25, 0.3) is 0 Å². The van der Waals surface area contributed by atoms with Gasteiger partial charge >= 0.3 is 5.82 Å². The first-order valence-electron chi connectivity index (χ1n) is 4.67. The fraction of sp³-hybridized carbons (Fsp3) is 0.625. The number of H-pyrrole nitrogens is 1. The average molecular weight is 196 g/mol. The zero-order valence-corrected chi connectivity index (χ0v) is 7.69. The Hall–Kier alpha value is -1.43. The van der Waals surface area contributed by atoms with Crippen molar-refractivity contribution in [3.63, 3.8) is 0 Å². The molecule has 1 saturated heterocycles. The molecule has 1 aliphatic heterocycles. The third kappa shape index (κ3) is 1.60. The maximum absolute atomic E-state index is 10.6. The molecule has 76 valence electrons. The number of nitrogens with zero attached hydrogens (tertiary/aromatic N) is 2. The van der Waals surface area contributed by atoms with Crippen LogP contribution in [0.15, 0.2) is 6.20 Å². The van der Waals surface area contributed by atoms with Gasteiger partial charge in [-0.2, -0.15) is 0 Å². The Bertz CT molecular complexity index is 330. The van der Waals surface area contributed by atoms with Crippen LogP contribution in [0.5, 0.6) is 0 Å². The molecule has 0 bridgehead atoms. The first-order valence-corrected chi connectivity index (χ1v) is 4.67. The van der Waals surface area contributed by atoms with E-state index in [1.54, 1.807) is 6.20 Å². The minimum Gasteiger partial charge on any atom is -0.358 e. The number of aromatic amines is 1. The monoisotopic (exact) mass is 196 g/mol. The molecule has 2 heterocycles. The zero-order valence-electron chi connectivity index (χ0n) is 7.69. The first kappa shape index (κ1) is 9.14. The summed E-state index contributed by atoms with van der Waals surface area (Å²) in [5, 5.41) is 20.0. The van der Waals surface area contributed by atoms with Crippen LogP contribution in [0.2, 0.25) is 0 Å². The van der Waals surface area contributed by atoms with Gasteiger partial charge in [-0.15, -0.1) is 5.10 Å². The van der Waals surface area contributed by atoms with E-state index >= 15 is 0 Å². The highest BCUT2D eigenvalue weighted by atomic mass is 16.6. The van der Waals surface area contributed by atoms with Gasteiger partial charge < -0.3 is 15.4 Å². The van der Waals surface area contributed by atoms with Crippen molar-refractivity contribution in [2.75, 3.05) is 13.1 Å². The molecule has 6 heteroatoms. The second-order valence-electron chi connectivity index (χ2n) is 3.47. The summed E-state index contributed by atoms with van der Waals surface area (Å²) >= 11 is 0. The number of aromatic nitrogens is 2. The highest BCUT2D eigenvalue weighted by Gasteiger charge is 2.24. The Morgan fingerprint density at radius 2 is 2.50 bits per heavy atom. The van der Waals surface area contributed by atoms with Crippen molar-refractivity contribution in [2.45, 2.75) is 18.8 Å². The van der Waals surface area contributed by atoms with Crippen LogP contribution in [0.4, 0.5) is 5.82 Å². The minimum absolute atomic E-state index is 0.0405. The van der Waals surface area contributed by atoms with Crippen molar-refractivity contribution in [1.29, 1.82) is 0 Å². The molecule has 1 atom stereocenters. The summed E-state index contributed by atoms with van der Waals surface area (Å²) in [5.41, 5.74) is 0.724. The second-order valence-corrected chi connectivity index (χ2v) is 3.47. The number of nitro groups is 1.